The molecule has 1 saturated heterocycles. The third-order valence-corrected chi connectivity index (χ3v) is 3.68. The second kappa shape index (κ2) is 8.18. The first-order chi connectivity index (χ1) is 11.4. The molecule has 1 aliphatic rings. The summed E-state index contributed by atoms with van der Waals surface area (Å²) in [5.74, 6) is 0.567. The lowest BCUT2D eigenvalue weighted by molar-refractivity contribution is -0.139. The van der Waals surface area contributed by atoms with E-state index in [1.807, 2.05) is 4.90 Å². The number of pyridine rings is 1. The van der Waals surface area contributed by atoms with Gasteiger partial charge in [0.15, 0.2) is 5.82 Å². The smallest absolute Gasteiger partial charge is 0.396 e. The topological polar surface area (TPSA) is 68.7 Å². The van der Waals surface area contributed by atoms with Crippen molar-refractivity contribution >= 4 is 17.5 Å². The predicted molar refractivity (Wildman–Crippen MR) is 84.0 cm³/mol. The SMILES string of the molecule is O=C(Nc1cccnc1N1CCCC1)N(CCCO)CC(F)(F)F. The van der Waals surface area contributed by atoms with Crippen LogP contribution in [0.5, 0.6) is 0 Å². The van der Waals surface area contributed by atoms with E-state index in [0.29, 0.717) is 16.4 Å². The zero-order chi connectivity index (χ0) is 17.6. The van der Waals surface area contributed by atoms with Gasteiger partial charge in [0.05, 0.1) is 5.69 Å². The van der Waals surface area contributed by atoms with Gasteiger partial charge in [-0.25, -0.2) is 9.78 Å². The number of urea groups is 1. The normalized spacial score (nSPS) is 14.8. The minimum Gasteiger partial charge on any atom is -0.396 e. The molecule has 0 aromatic carbocycles. The van der Waals surface area contributed by atoms with Crippen molar-refractivity contribution in [2.75, 3.05) is 43.0 Å². The maximum Gasteiger partial charge on any atom is 0.406 e. The van der Waals surface area contributed by atoms with Crippen LogP contribution in [0.25, 0.3) is 0 Å². The van der Waals surface area contributed by atoms with Crippen molar-refractivity contribution in [1.29, 1.82) is 0 Å². The Labute approximate surface area is 138 Å². The lowest BCUT2D eigenvalue weighted by atomic mass is 10.3. The summed E-state index contributed by atoms with van der Waals surface area (Å²) in [7, 11) is 0. The number of rotatable bonds is 6. The van der Waals surface area contributed by atoms with E-state index in [4.69, 9.17) is 5.11 Å². The highest BCUT2D eigenvalue weighted by Gasteiger charge is 2.33. The number of nitrogens with one attached hydrogen (secondary N) is 1. The van der Waals surface area contributed by atoms with Crippen molar-refractivity contribution in [3.63, 3.8) is 0 Å². The van der Waals surface area contributed by atoms with Crippen LogP contribution in [-0.2, 0) is 0 Å². The van der Waals surface area contributed by atoms with Crippen LogP contribution in [0, 0.1) is 0 Å². The van der Waals surface area contributed by atoms with Gasteiger partial charge < -0.3 is 20.2 Å². The first-order valence-corrected chi connectivity index (χ1v) is 7.84. The van der Waals surface area contributed by atoms with Crippen molar-refractivity contribution in [3.8, 4) is 0 Å². The summed E-state index contributed by atoms with van der Waals surface area (Å²) in [6.45, 7) is -0.222. The number of nitrogens with zero attached hydrogens (tertiary/aromatic N) is 3. The Balaban J connectivity index is 2.11. The fourth-order valence-electron chi connectivity index (χ4n) is 2.60. The molecule has 134 valence electrons. The number of anilines is 2. The van der Waals surface area contributed by atoms with Crippen molar-refractivity contribution in [1.82, 2.24) is 9.88 Å². The molecule has 2 N–H and O–H groups in total. The van der Waals surface area contributed by atoms with Gasteiger partial charge >= 0.3 is 12.2 Å². The van der Waals surface area contributed by atoms with Gasteiger partial charge in [-0.1, -0.05) is 0 Å². The predicted octanol–water partition coefficient (Wildman–Crippen LogP) is 2.46. The van der Waals surface area contributed by atoms with Crippen LogP contribution in [-0.4, -0.2) is 60.0 Å². The maximum absolute atomic E-state index is 12.7. The number of hydrogen-bond donors (Lipinski definition) is 2. The van der Waals surface area contributed by atoms with Crippen molar-refractivity contribution in [3.05, 3.63) is 18.3 Å². The molecular formula is C15H21F3N4O2. The Hall–Kier alpha value is -2.03. The summed E-state index contributed by atoms with van der Waals surface area (Å²) in [6, 6.07) is 2.39. The zero-order valence-electron chi connectivity index (χ0n) is 13.2. The van der Waals surface area contributed by atoms with E-state index >= 15 is 0 Å². The number of aliphatic hydroxyl groups is 1. The Morgan fingerprint density at radius 3 is 2.71 bits per heavy atom. The first kappa shape index (κ1) is 18.3. The van der Waals surface area contributed by atoms with Crippen LogP contribution in [0.3, 0.4) is 0 Å². The molecule has 1 aromatic heterocycles. The highest BCUT2D eigenvalue weighted by molar-refractivity contribution is 5.92. The second-order valence-electron chi connectivity index (χ2n) is 5.61. The number of carbonyl (C=O) groups is 1. The van der Waals surface area contributed by atoms with Gasteiger partial charge in [0.2, 0.25) is 0 Å². The van der Waals surface area contributed by atoms with Gasteiger partial charge in [-0.05, 0) is 31.4 Å². The minimum absolute atomic E-state index is 0.0789. The molecule has 0 spiro atoms. The van der Waals surface area contributed by atoms with Gasteiger partial charge in [0.1, 0.15) is 6.54 Å². The summed E-state index contributed by atoms with van der Waals surface area (Å²) in [5.41, 5.74) is 0.389. The van der Waals surface area contributed by atoms with E-state index in [1.54, 1.807) is 18.3 Å². The molecule has 1 fully saturated rings. The number of aliphatic hydroxyl groups excluding tert-OH is 1. The molecule has 0 saturated carbocycles. The van der Waals surface area contributed by atoms with E-state index in [1.165, 1.54) is 0 Å². The van der Waals surface area contributed by atoms with Crippen LogP contribution in [0.2, 0.25) is 0 Å². The average Bonchev–Trinajstić information content (AvgIpc) is 3.05. The van der Waals surface area contributed by atoms with E-state index in [9.17, 15) is 18.0 Å². The summed E-state index contributed by atoms with van der Waals surface area (Å²) in [5, 5.41) is 11.3. The summed E-state index contributed by atoms with van der Waals surface area (Å²) in [6.07, 6.45) is -0.807. The number of amides is 2. The number of alkyl halides is 3. The third-order valence-electron chi connectivity index (χ3n) is 3.68. The highest BCUT2D eigenvalue weighted by Crippen LogP contribution is 2.26. The monoisotopic (exact) mass is 346 g/mol. The summed E-state index contributed by atoms with van der Waals surface area (Å²) < 4.78 is 38.0. The summed E-state index contributed by atoms with van der Waals surface area (Å²) in [4.78, 5) is 19.1. The Morgan fingerprint density at radius 1 is 1.38 bits per heavy atom. The number of aromatic nitrogens is 1. The van der Waals surface area contributed by atoms with Gasteiger partial charge in [-0.2, -0.15) is 13.2 Å². The molecule has 1 aliphatic heterocycles. The van der Waals surface area contributed by atoms with Crippen LogP contribution in [0.1, 0.15) is 19.3 Å². The highest BCUT2D eigenvalue weighted by atomic mass is 19.4. The Morgan fingerprint density at radius 2 is 2.08 bits per heavy atom. The molecule has 2 rings (SSSR count). The Bertz CT molecular complexity index is 548. The van der Waals surface area contributed by atoms with Crippen LogP contribution < -0.4 is 10.2 Å². The van der Waals surface area contributed by atoms with Crippen LogP contribution in [0.4, 0.5) is 29.5 Å². The number of halogens is 3. The maximum atomic E-state index is 12.7. The standard InChI is InChI=1S/C15H21F3N4O2/c16-15(17,18)11-22(9-4-10-23)14(24)20-12-5-3-6-19-13(12)21-7-1-2-8-21/h3,5-6,23H,1-2,4,7-11H2,(H,20,24). The van der Waals surface area contributed by atoms with Crippen molar-refractivity contribution in [2.45, 2.75) is 25.4 Å². The fourth-order valence-corrected chi connectivity index (χ4v) is 2.60. The van der Waals surface area contributed by atoms with Gasteiger partial charge in [-0.15, -0.1) is 0 Å². The average molecular weight is 346 g/mol. The molecular weight excluding hydrogens is 325 g/mol. The van der Waals surface area contributed by atoms with E-state index < -0.39 is 18.8 Å². The summed E-state index contributed by atoms with van der Waals surface area (Å²) >= 11 is 0. The van der Waals surface area contributed by atoms with Gasteiger partial charge in [0, 0.05) is 32.4 Å². The molecule has 0 atom stereocenters. The van der Waals surface area contributed by atoms with E-state index in [0.717, 1.165) is 25.9 Å². The van der Waals surface area contributed by atoms with Crippen LogP contribution in [0.15, 0.2) is 18.3 Å². The third kappa shape index (κ3) is 5.26. The molecule has 2 amide bonds. The largest absolute Gasteiger partial charge is 0.406 e. The molecule has 0 radical (unpaired) electrons. The molecule has 2 heterocycles. The molecule has 0 unspecified atom stereocenters. The van der Waals surface area contributed by atoms with Crippen molar-refractivity contribution < 1.29 is 23.1 Å². The minimum atomic E-state index is -4.50. The first-order valence-electron chi connectivity index (χ1n) is 7.84. The number of hydrogen-bond acceptors (Lipinski definition) is 4. The molecule has 9 heteroatoms. The molecule has 6 nitrogen and oxygen atoms in total. The van der Waals surface area contributed by atoms with E-state index in [-0.39, 0.29) is 19.6 Å². The molecule has 0 bridgehead atoms. The molecule has 0 aliphatic carbocycles. The Kier molecular flexibility index (Phi) is 6.24. The van der Waals surface area contributed by atoms with Crippen molar-refractivity contribution in [2.24, 2.45) is 0 Å². The zero-order valence-corrected chi connectivity index (χ0v) is 13.2. The van der Waals surface area contributed by atoms with Gasteiger partial charge in [0.25, 0.3) is 0 Å². The molecule has 1 aromatic rings. The number of carbonyl (C=O) groups excluding carboxylic acids is 1. The van der Waals surface area contributed by atoms with Gasteiger partial charge in [-0.3, -0.25) is 0 Å². The quantitative estimate of drug-likeness (QED) is 0.830. The van der Waals surface area contributed by atoms with E-state index in [2.05, 4.69) is 10.3 Å². The van der Waals surface area contributed by atoms with Crippen LogP contribution >= 0.6 is 0 Å². The lowest BCUT2D eigenvalue weighted by Crippen LogP contribution is -2.42. The lowest BCUT2D eigenvalue weighted by Gasteiger charge is -2.25. The fraction of sp³-hybridized carbons (Fsp3) is 0.600. The second-order valence-corrected chi connectivity index (χ2v) is 5.61. The molecule has 24 heavy (non-hydrogen) atoms.